The molecule has 0 aliphatic heterocycles. The molecule has 0 spiro atoms. The molecule has 0 radical (unpaired) electrons. The number of esters is 2. The van der Waals surface area contributed by atoms with E-state index in [-0.39, 0.29) is 37.5 Å². The van der Waals surface area contributed by atoms with Gasteiger partial charge in [0.25, 0.3) is 0 Å². The van der Waals surface area contributed by atoms with E-state index in [1.54, 1.807) is 0 Å². The largest absolute Gasteiger partial charge is 0.450 e. The van der Waals surface area contributed by atoms with Gasteiger partial charge in [-0.25, -0.2) is 9.59 Å². The van der Waals surface area contributed by atoms with E-state index >= 15 is 0 Å². The summed E-state index contributed by atoms with van der Waals surface area (Å²) in [4.78, 5) is 30.0. The van der Waals surface area contributed by atoms with Crippen LogP contribution in [-0.4, -0.2) is 84.4 Å². The number of aliphatic hydroxyl groups is 2. The highest BCUT2D eigenvalue weighted by atomic mass is 35.5. The fourth-order valence-corrected chi connectivity index (χ4v) is 7.22. The monoisotopic (exact) mass is 750 g/mol. The fourth-order valence-electron chi connectivity index (χ4n) is 7.22. The van der Waals surface area contributed by atoms with Gasteiger partial charge in [-0.1, -0.05) is 151 Å². The van der Waals surface area contributed by atoms with Crippen molar-refractivity contribution >= 4 is 24.3 Å². The highest BCUT2D eigenvalue weighted by Crippen LogP contribution is 2.41. The Balaban J connectivity index is 0.000000360. The van der Waals surface area contributed by atoms with E-state index in [1.165, 1.54) is 0 Å². The van der Waals surface area contributed by atoms with E-state index in [9.17, 15) is 19.8 Å². The van der Waals surface area contributed by atoms with Gasteiger partial charge in [0, 0.05) is 11.8 Å². The number of ether oxygens (including phenoxy) is 2. The van der Waals surface area contributed by atoms with Crippen molar-refractivity contribution in [3.05, 3.63) is 71.8 Å². The van der Waals surface area contributed by atoms with Gasteiger partial charge in [0.05, 0.1) is 13.1 Å². The average molecular weight is 751 g/mol. The number of carbonyl (C=O) groups is 2. The minimum absolute atomic E-state index is 0. The molecule has 2 fully saturated rings. The van der Waals surface area contributed by atoms with E-state index in [0.29, 0.717) is 24.2 Å². The zero-order valence-electron chi connectivity index (χ0n) is 32.5. The summed E-state index contributed by atoms with van der Waals surface area (Å²) < 4.78 is 10.8. The summed E-state index contributed by atoms with van der Waals surface area (Å²) in [6, 6.07) is 18.4. The van der Waals surface area contributed by atoms with Crippen molar-refractivity contribution < 1.29 is 29.3 Å². The molecule has 9 heteroatoms. The van der Waals surface area contributed by atoms with E-state index in [2.05, 4.69) is 61.2 Å². The third-order valence-electron chi connectivity index (χ3n) is 10.6. The van der Waals surface area contributed by atoms with Crippen molar-refractivity contribution in [2.45, 2.75) is 103 Å². The van der Waals surface area contributed by atoms with Crippen LogP contribution in [0.25, 0.3) is 0 Å². The lowest BCUT2D eigenvalue weighted by Crippen LogP contribution is -2.45. The van der Waals surface area contributed by atoms with Gasteiger partial charge in [-0.3, -0.25) is 9.80 Å². The zero-order chi connectivity index (χ0) is 37.7. The number of nitrogens with zero attached hydrogens (tertiary/aromatic N) is 2. The third kappa shape index (κ3) is 13.5. The lowest BCUT2D eigenvalue weighted by Gasteiger charge is -2.36. The summed E-state index contributed by atoms with van der Waals surface area (Å²) >= 11 is 0. The molecule has 2 unspecified atom stereocenters. The maximum Gasteiger partial charge on any atom is 0.344 e. The van der Waals surface area contributed by atoms with Gasteiger partial charge in [0.15, 0.2) is 24.4 Å². The highest BCUT2D eigenvalue weighted by Gasteiger charge is 2.48. The van der Waals surface area contributed by atoms with Crippen LogP contribution in [-0.2, 0) is 30.3 Å². The van der Waals surface area contributed by atoms with Crippen molar-refractivity contribution in [1.29, 1.82) is 0 Å². The Bertz CT molecular complexity index is 1340. The molecule has 0 heterocycles. The Kier molecular flexibility index (Phi) is 21.5. The second kappa shape index (κ2) is 24.8. The summed E-state index contributed by atoms with van der Waals surface area (Å²) in [6.45, 7) is 13.5. The molecule has 2 N–H and O–H groups in total. The van der Waals surface area contributed by atoms with Crippen molar-refractivity contribution in [3.8, 4) is 23.7 Å². The van der Waals surface area contributed by atoms with E-state index in [4.69, 9.17) is 9.47 Å². The summed E-state index contributed by atoms with van der Waals surface area (Å²) in [7, 11) is 0. The molecule has 8 nitrogen and oxygen atoms in total. The predicted molar refractivity (Wildman–Crippen MR) is 214 cm³/mol. The summed E-state index contributed by atoms with van der Waals surface area (Å²) in [5, 5.41) is 22.7. The van der Waals surface area contributed by atoms with Crippen LogP contribution in [0.5, 0.6) is 0 Å². The molecule has 0 bridgehead atoms. The first-order valence-corrected chi connectivity index (χ1v) is 19.5. The molecule has 53 heavy (non-hydrogen) atoms. The number of hydrogen-bond donors (Lipinski definition) is 2. The SMILES string of the molecule is CCN(CC)CC#CCOC(=O)C(O)(c1ccccc1)C1CCCCC1.CCN(CC)CC#CCOC(=O)C(O)(c1ccccc1)C1CCCCC1.Cl. The second-order valence-electron chi connectivity index (χ2n) is 13.7. The quantitative estimate of drug-likeness (QED) is 0.156. The van der Waals surface area contributed by atoms with Crippen LogP contribution < -0.4 is 0 Å². The molecule has 2 aliphatic carbocycles. The van der Waals surface area contributed by atoms with E-state index < -0.39 is 23.1 Å². The van der Waals surface area contributed by atoms with E-state index in [0.717, 1.165) is 90.4 Å². The van der Waals surface area contributed by atoms with Crippen LogP contribution in [0.3, 0.4) is 0 Å². The Morgan fingerprint density at radius 3 is 1.21 bits per heavy atom. The number of benzene rings is 2. The molecule has 2 aliphatic rings. The van der Waals surface area contributed by atoms with Crippen LogP contribution in [0.15, 0.2) is 60.7 Å². The van der Waals surface area contributed by atoms with Crippen molar-refractivity contribution in [2.75, 3.05) is 52.5 Å². The summed E-state index contributed by atoms with van der Waals surface area (Å²) in [5.41, 5.74) is -1.93. The minimum atomic E-state index is -1.58. The topological polar surface area (TPSA) is 99.5 Å². The number of carbonyl (C=O) groups excluding carboxylic acids is 2. The molecule has 2 aromatic rings. The molecule has 2 atom stereocenters. The van der Waals surface area contributed by atoms with Crippen LogP contribution in [0.2, 0.25) is 0 Å². The summed E-state index contributed by atoms with van der Waals surface area (Å²) in [6.07, 6.45) is 9.84. The van der Waals surface area contributed by atoms with Gasteiger partial charge >= 0.3 is 11.9 Å². The van der Waals surface area contributed by atoms with E-state index in [1.807, 2.05) is 60.7 Å². The Morgan fingerprint density at radius 1 is 0.585 bits per heavy atom. The Morgan fingerprint density at radius 2 is 0.906 bits per heavy atom. The maximum absolute atomic E-state index is 12.8. The highest BCUT2D eigenvalue weighted by molar-refractivity contribution is 5.85. The lowest BCUT2D eigenvalue weighted by molar-refractivity contribution is -0.174. The lowest BCUT2D eigenvalue weighted by atomic mass is 9.73. The molecule has 0 aromatic heterocycles. The Labute approximate surface area is 325 Å². The first-order chi connectivity index (χ1) is 25.2. The molecule has 0 amide bonds. The molecule has 2 aromatic carbocycles. The van der Waals surface area contributed by atoms with Crippen LogP contribution in [0.1, 0.15) is 103 Å². The Hall–Kier alpha value is -3.37. The van der Waals surface area contributed by atoms with Gasteiger partial charge in [-0.05, 0) is 63.0 Å². The normalized spacial score (nSPS) is 16.9. The molecule has 2 saturated carbocycles. The van der Waals surface area contributed by atoms with Crippen molar-refractivity contribution in [2.24, 2.45) is 11.8 Å². The minimum Gasteiger partial charge on any atom is -0.450 e. The van der Waals surface area contributed by atoms with Crippen LogP contribution in [0, 0.1) is 35.5 Å². The summed E-state index contributed by atoms with van der Waals surface area (Å²) in [5.74, 6) is 10.5. The fraction of sp³-hybridized carbons (Fsp3) is 0.591. The molecular weight excluding hydrogens is 688 g/mol. The van der Waals surface area contributed by atoms with Gasteiger partial charge < -0.3 is 19.7 Å². The second-order valence-corrected chi connectivity index (χ2v) is 13.7. The van der Waals surface area contributed by atoms with Crippen LogP contribution in [0.4, 0.5) is 0 Å². The number of halogens is 1. The smallest absolute Gasteiger partial charge is 0.344 e. The molecule has 292 valence electrons. The third-order valence-corrected chi connectivity index (χ3v) is 10.6. The predicted octanol–water partition coefficient (Wildman–Crippen LogP) is 7.11. The van der Waals surface area contributed by atoms with Crippen molar-refractivity contribution in [1.82, 2.24) is 9.80 Å². The standard InChI is InChI=1S/2C22H31NO3.ClH/c2*1-3-23(4-2)17-11-12-18-26-21(24)22(25,19-13-7-5-8-14-19)20-15-9-6-10-16-20;/h2*5,7-8,13-14,20,25H,3-4,6,9-10,15-18H2,1-2H3;1H. The van der Waals surface area contributed by atoms with Gasteiger partial charge in [0.2, 0.25) is 0 Å². The maximum atomic E-state index is 12.8. The number of hydrogen-bond acceptors (Lipinski definition) is 8. The first-order valence-electron chi connectivity index (χ1n) is 19.5. The average Bonchev–Trinajstić information content (AvgIpc) is 3.21. The number of rotatable bonds is 14. The first kappa shape index (κ1) is 45.8. The molecular formula is C44H63ClN2O6. The zero-order valence-corrected chi connectivity index (χ0v) is 33.3. The molecule has 4 rings (SSSR count). The van der Waals surface area contributed by atoms with Crippen molar-refractivity contribution in [3.63, 3.8) is 0 Å². The van der Waals surface area contributed by atoms with Gasteiger partial charge in [-0.15, -0.1) is 12.4 Å². The van der Waals surface area contributed by atoms with Gasteiger partial charge in [-0.2, -0.15) is 0 Å². The van der Waals surface area contributed by atoms with Gasteiger partial charge in [0.1, 0.15) is 0 Å². The molecule has 0 saturated heterocycles. The van der Waals surface area contributed by atoms with Crippen LogP contribution >= 0.6 is 12.4 Å².